The molecule has 0 saturated carbocycles. The first-order chi connectivity index (χ1) is 8.52. The number of rotatable bonds is 3. The van der Waals surface area contributed by atoms with Gasteiger partial charge in [-0.2, -0.15) is 0 Å². The zero-order valence-corrected chi connectivity index (χ0v) is 12.3. The average molecular weight is 262 g/mol. The van der Waals surface area contributed by atoms with E-state index in [0.29, 0.717) is 11.8 Å². The first-order valence-corrected chi connectivity index (χ1v) is 7.00. The maximum Gasteiger partial charge on any atom is 0.0720 e. The quantitative estimate of drug-likeness (QED) is 0.708. The standard InChI is InChI=1S/C16H20ClN/c1-5-11(4)12-6-7-15-13(8-12)14(17)9-16(18-15)10(2)3/h6-11H,5H2,1-4H3. The fraction of sp³-hybridized carbons (Fsp3) is 0.438. The third-order valence-corrected chi connectivity index (χ3v) is 3.89. The number of halogens is 1. The summed E-state index contributed by atoms with van der Waals surface area (Å²) in [5.74, 6) is 0.969. The van der Waals surface area contributed by atoms with Gasteiger partial charge in [-0.25, -0.2) is 0 Å². The minimum atomic E-state index is 0.404. The van der Waals surface area contributed by atoms with Crippen LogP contribution < -0.4 is 0 Å². The van der Waals surface area contributed by atoms with Gasteiger partial charge in [-0.1, -0.05) is 45.4 Å². The van der Waals surface area contributed by atoms with Crippen LogP contribution in [0, 0.1) is 0 Å². The molecule has 0 bridgehead atoms. The van der Waals surface area contributed by atoms with Gasteiger partial charge in [-0.05, 0) is 42.0 Å². The second-order valence-corrected chi connectivity index (χ2v) is 5.68. The number of fused-ring (bicyclic) bond motifs is 1. The van der Waals surface area contributed by atoms with E-state index in [-0.39, 0.29) is 0 Å². The van der Waals surface area contributed by atoms with E-state index >= 15 is 0 Å². The van der Waals surface area contributed by atoms with Crippen molar-refractivity contribution < 1.29 is 0 Å². The highest BCUT2D eigenvalue weighted by molar-refractivity contribution is 6.35. The molecule has 0 fully saturated rings. The predicted octanol–water partition coefficient (Wildman–Crippen LogP) is 5.53. The molecule has 1 aromatic heterocycles. The lowest BCUT2D eigenvalue weighted by Gasteiger charge is -2.12. The molecule has 0 amide bonds. The van der Waals surface area contributed by atoms with Gasteiger partial charge in [0, 0.05) is 11.1 Å². The molecule has 0 saturated heterocycles. The minimum Gasteiger partial charge on any atom is -0.252 e. The van der Waals surface area contributed by atoms with Crippen LogP contribution in [0.1, 0.15) is 57.2 Å². The Balaban J connectivity index is 2.58. The number of aromatic nitrogens is 1. The van der Waals surface area contributed by atoms with Gasteiger partial charge in [0.2, 0.25) is 0 Å². The van der Waals surface area contributed by atoms with Crippen LogP contribution in [0.3, 0.4) is 0 Å². The normalized spacial score (nSPS) is 13.2. The lowest BCUT2D eigenvalue weighted by molar-refractivity contribution is 0.734. The molecule has 1 nitrogen and oxygen atoms in total. The number of pyridine rings is 1. The van der Waals surface area contributed by atoms with Gasteiger partial charge >= 0.3 is 0 Å². The summed E-state index contributed by atoms with van der Waals surface area (Å²) in [7, 11) is 0. The Hall–Kier alpha value is -1.08. The van der Waals surface area contributed by atoms with Crippen molar-refractivity contribution in [3.63, 3.8) is 0 Å². The largest absolute Gasteiger partial charge is 0.252 e. The Kier molecular flexibility index (Phi) is 3.91. The molecule has 2 aromatic rings. The second-order valence-electron chi connectivity index (χ2n) is 5.27. The predicted molar refractivity (Wildman–Crippen MR) is 79.5 cm³/mol. The maximum absolute atomic E-state index is 6.39. The minimum absolute atomic E-state index is 0.404. The molecule has 96 valence electrons. The van der Waals surface area contributed by atoms with Gasteiger partial charge in [0.05, 0.1) is 10.5 Å². The van der Waals surface area contributed by atoms with Crippen molar-refractivity contribution in [3.05, 3.63) is 40.5 Å². The SMILES string of the molecule is CCC(C)c1ccc2nc(C(C)C)cc(Cl)c2c1. The van der Waals surface area contributed by atoms with Crippen LogP contribution in [-0.4, -0.2) is 4.98 Å². The van der Waals surface area contributed by atoms with E-state index < -0.39 is 0 Å². The summed E-state index contributed by atoms with van der Waals surface area (Å²) in [4.78, 5) is 4.68. The molecule has 1 aromatic carbocycles. The van der Waals surface area contributed by atoms with Gasteiger partial charge in [0.25, 0.3) is 0 Å². The molecule has 1 heterocycles. The zero-order valence-electron chi connectivity index (χ0n) is 11.5. The molecule has 0 aliphatic rings. The number of benzene rings is 1. The summed E-state index contributed by atoms with van der Waals surface area (Å²) in [6.45, 7) is 8.72. The Labute approximate surface area is 114 Å². The number of hydrogen-bond donors (Lipinski definition) is 0. The maximum atomic E-state index is 6.39. The van der Waals surface area contributed by atoms with E-state index in [1.807, 2.05) is 6.07 Å². The summed E-state index contributed by atoms with van der Waals surface area (Å²) >= 11 is 6.39. The van der Waals surface area contributed by atoms with Crippen molar-refractivity contribution in [2.75, 3.05) is 0 Å². The fourth-order valence-corrected chi connectivity index (χ4v) is 2.32. The van der Waals surface area contributed by atoms with E-state index in [0.717, 1.165) is 28.0 Å². The highest BCUT2D eigenvalue weighted by Crippen LogP contribution is 2.29. The molecular formula is C16H20ClN. The van der Waals surface area contributed by atoms with Gasteiger partial charge in [0.15, 0.2) is 0 Å². The highest BCUT2D eigenvalue weighted by Gasteiger charge is 2.09. The molecule has 1 atom stereocenters. The number of hydrogen-bond acceptors (Lipinski definition) is 1. The lowest BCUT2D eigenvalue weighted by atomic mass is 9.96. The molecule has 1 unspecified atom stereocenters. The summed E-state index contributed by atoms with van der Waals surface area (Å²) in [5, 5.41) is 1.88. The van der Waals surface area contributed by atoms with Crippen molar-refractivity contribution in [3.8, 4) is 0 Å². The second kappa shape index (κ2) is 5.27. The molecule has 2 rings (SSSR count). The van der Waals surface area contributed by atoms with Crippen molar-refractivity contribution in [2.45, 2.75) is 46.0 Å². The first-order valence-electron chi connectivity index (χ1n) is 6.63. The zero-order chi connectivity index (χ0) is 13.3. The topological polar surface area (TPSA) is 12.9 Å². The van der Waals surface area contributed by atoms with Crippen LogP contribution in [0.25, 0.3) is 10.9 Å². The van der Waals surface area contributed by atoms with Crippen molar-refractivity contribution in [2.24, 2.45) is 0 Å². The Morgan fingerprint density at radius 2 is 1.89 bits per heavy atom. The van der Waals surface area contributed by atoms with Gasteiger partial charge in [-0.3, -0.25) is 4.98 Å². The fourth-order valence-electron chi connectivity index (χ4n) is 2.06. The first kappa shape index (κ1) is 13.4. The monoisotopic (exact) mass is 261 g/mol. The van der Waals surface area contributed by atoms with E-state index in [2.05, 4.69) is 50.9 Å². The van der Waals surface area contributed by atoms with Gasteiger partial charge < -0.3 is 0 Å². The molecule has 0 aliphatic carbocycles. The Morgan fingerprint density at radius 3 is 2.50 bits per heavy atom. The smallest absolute Gasteiger partial charge is 0.0720 e. The van der Waals surface area contributed by atoms with Crippen LogP contribution in [0.15, 0.2) is 24.3 Å². The van der Waals surface area contributed by atoms with E-state index in [1.54, 1.807) is 0 Å². The van der Waals surface area contributed by atoms with E-state index in [4.69, 9.17) is 11.6 Å². The molecule has 2 heteroatoms. The van der Waals surface area contributed by atoms with Gasteiger partial charge in [0.1, 0.15) is 0 Å². The Morgan fingerprint density at radius 1 is 1.17 bits per heavy atom. The van der Waals surface area contributed by atoms with Crippen LogP contribution in [-0.2, 0) is 0 Å². The molecule has 0 radical (unpaired) electrons. The van der Waals surface area contributed by atoms with Crippen LogP contribution in [0.4, 0.5) is 0 Å². The molecule has 0 spiro atoms. The molecule has 0 aliphatic heterocycles. The third kappa shape index (κ3) is 2.51. The van der Waals surface area contributed by atoms with Crippen molar-refractivity contribution in [1.82, 2.24) is 4.98 Å². The van der Waals surface area contributed by atoms with Crippen LogP contribution in [0.5, 0.6) is 0 Å². The van der Waals surface area contributed by atoms with E-state index in [1.165, 1.54) is 5.56 Å². The molecular weight excluding hydrogens is 242 g/mol. The summed E-state index contributed by atoms with van der Waals surface area (Å²) in [6, 6.07) is 8.44. The molecule has 0 N–H and O–H groups in total. The van der Waals surface area contributed by atoms with Crippen LogP contribution in [0.2, 0.25) is 5.02 Å². The summed E-state index contributed by atoms with van der Waals surface area (Å²) < 4.78 is 0. The van der Waals surface area contributed by atoms with E-state index in [9.17, 15) is 0 Å². The van der Waals surface area contributed by atoms with Gasteiger partial charge in [-0.15, -0.1) is 0 Å². The average Bonchev–Trinajstić information content (AvgIpc) is 2.37. The Bertz CT molecular complexity index is 560. The summed E-state index contributed by atoms with van der Waals surface area (Å²) in [5.41, 5.74) is 3.40. The van der Waals surface area contributed by atoms with Crippen LogP contribution >= 0.6 is 11.6 Å². The van der Waals surface area contributed by atoms with Crippen molar-refractivity contribution >= 4 is 22.5 Å². The van der Waals surface area contributed by atoms with Crippen molar-refractivity contribution in [1.29, 1.82) is 0 Å². The summed E-state index contributed by atoms with van der Waals surface area (Å²) in [6.07, 6.45) is 1.14. The third-order valence-electron chi connectivity index (χ3n) is 3.58. The molecule has 18 heavy (non-hydrogen) atoms. The lowest BCUT2D eigenvalue weighted by Crippen LogP contribution is -1.96. The highest BCUT2D eigenvalue weighted by atomic mass is 35.5. The number of nitrogens with zero attached hydrogens (tertiary/aromatic N) is 1.